The Bertz CT molecular complexity index is 683. The van der Waals surface area contributed by atoms with Gasteiger partial charge in [-0.3, -0.25) is 4.79 Å². The minimum Gasteiger partial charge on any atom is -0.512 e. The maximum Gasteiger partial charge on any atom is 0.417 e. The molecule has 9 heteroatoms. The van der Waals surface area contributed by atoms with Crippen molar-refractivity contribution in [2.45, 2.75) is 26.2 Å². The van der Waals surface area contributed by atoms with E-state index in [4.69, 9.17) is 5.26 Å². The third kappa shape index (κ3) is 3.83. The number of Topliss-reactive ketones (excluding diaryl/α,β-unsaturated/α-hetero) is 1. The molecule has 0 aliphatic heterocycles. The first-order valence-corrected chi connectivity index (χ1v) is 5.94. The van der Waals surface area contributed by atoms with Gasteiger partial charge in [-0.05, 0) is 31.5 Å². The van der Waals surface area contributed by atoms with Crippen LogP contribution in [0, 0.1) is 11.3 Å². The number of carbonyl (C=O) groups excluding carboxylic acids is 1. The molecule has 124 valence electrons. The molecule has 0 aliphatic carbocycles. The zero-order valence-electron chi connectivity index (χ0n) is 11.7. The van der Waals surface area contributed by atoms with E-state index in [-0.39, 0.29) is 12.1 Å². The molecule has 1 aromatic carbocycles. The van der Waals surface area contributed by atoms with Crippen LogP contribution in [0.1, 0.15) is 36.1 Å². The van der Waals surface area contributed by atoms with Crippen LogP contribution in [0.4, 0.5) is 26.3 Å². The Morgan fingerprint density at radius 2 is 1.43 bits per heavy atom. The number of ketones is 1. The van der Waals surface area contributed by atoms with Gasteiger partial charge in [-0.25, -0.2) is 0 Å². The molecule has 0 amide bonds. The van der Waals surface area contributed by atoms with Crippen molar-refractivity contribution in [2.24, 2.45) is 0 Å². The number of halogens is 6. The molecule has 1 rings (SSSR count). The first kappa shape index (κ1) is 18.5. The Balaban J connectivity index is 3.96. The maximum absolute atomic E-state index is 13.0. The summed E-state index contributed by atoms with van der Waals surface area (Å²) < 4.78 is 77.8. The van der Waals surface area contributed by atoms with E-state index in [1.807, 2.05) is 0 Å². The van der Waals surface area contributed by atoms with Crippen molar-refractivity contribution in [3.63, 3.8) is 0 Å². The largest absolute Gasteiger partial charge is 0.512 e. The Hall–Kier alpha value is -2.50. The van der Waals surface area contributed by atoms with Crippen molar-refractivity contribution in [3.8, 4) is 6.07 Å². The number of nitriles is 1. The fraction of sp³-hybridized carbons (Fsp3) is 0.286. The number of nitrogens with zero attached hydrogens (tertiary/aromatic N) is 1. The highest BCUT2D eigenvalue weighted by atomic mass is 19.4. The van der Waals surface area contributed by atoms with E-state index in [0.717, 1.165) is 19.9 Å². The van der Waals surface area contributed by atoms with Gasteiger partial charge < -0.3 is 5.11 Å². The molecule has 0 heterocycles. The second kappa shape index (κ2) is 5.95. The summed E-state index contributed by atoms with van der Waals surface area (Å²) in [5.74, 6) is -1.65. The zero-order valence-corrected chi connectivity index (χ0v) is 11.7. The summed E-state index contributed by atoms with van der Waals surface area (Å²) in [5.41, 5.74) is -6.71. The van der Waals surface area contributed by atoms with Crippen LogP contribution < -0.4 is 0 Å². The van der Waals surface area contributed by atoms with Crippen LogP contribution in [0.3, 0.4) is 0 Å². The predicted molar refractivity (Wildman–Crippen MR) is 67.1 cm³/mol. The predicted octanol–water partition coefficient (Wildman–Crippen LogP) is 4.47. The molecular formula is C14H9F6NO2. The Kier molecular flexibility index (Phi) is 4.80. The van der Waals surface area contributed by atoms with E-state index in [1.54, 1.807) is 0 Å². The highest BCUT2D eigenvalue weighted by Gasteiger charge is 2.42. The summed E-state index contributed by atoms with van der Waals surface area (Å²) in [6, 6.07) is 1.38. The molecular weight excluding hydrogens is 328 g/mol. The molecule has 0 bridgehead atoms. The minimum absolute atomic E-state index is 0.240. The summed E-state index contributed by atoms with van der Waals surface area (Å²) in [5, 5.41) is 18.1. The lowest BCUT2D eigenvalue weighted by atomic mass is 9.92. The summed E-state index contributed by atoms with van der Waals surface area (Å²) in [7, 11) is 0. The molecule has 0 aliphatic rings. The average Bonchev–Trinajstić information content (AvgIpc) is 2.34. The van der Waals surface area contributed by atoms with Crippen molar-refractivity contribution < 1.29 is 36.2 Å². The quantitative estimate of drug-likeness (QED) is 0.492. The van der Waals surface area contributed by atoms with Crippen molar-refractivity contribution in [2.75, 3.05) is 0 Å². The van der Waals surface area contributed by atoms with Crippen LogP contribution in [-0.4, -0.2) is 10.9 Å². The molecule has 3 nitrogen and oxygen atoms in total. The van der Waals surface area contributed by atoms with E-state index < -0.39 is 51.7 Å². The van der Waals surface area contributed by atoms with E-state index in [9.17, 15) is 36.2 Å². The van der Waals surface area contributed by atoms with E-state index >= 15 is 0 Å². The van der Waals surface area contributed by atoms with Gasteiger partial charge in [0.15, 0.2) is 5.78 Å². The first-order valence-electron chi connectivity index (χ1n) is 5.94. The van der Waals surface area contributed by atoms with Crippen molar-refractivity contribution in [1.29, 1.82) is 5.26 Å². The summed E-state index contributed by atoms with van der Waals surface area (Å²) in [4.78, 5) is 11.4. The van der Waals surface area contributed by atoms with Crippen LogP contribution in [0.2, 0.25) is 0 Å². The van der Waals surface area contributed by atoms with Gasteiger partial charge in [-0.1, -0.05) is 0 Å². The van der Waals surface area contributed by atoms with Gasteiger partial charge in [0.1, 0.15) is 11.8 Å². The van der Waals surface area contributed by atoms with E-state index in [0.29, 0.717) is 0 Å². The molecule has 0 unspecified atom stereocenters. The van der Waals surface area contributed by atoms with Gasteiger partial charge in [0.25, 0.3) is 0 Å². The average molecular weight is 337 g/mol. The highest BCUT2D eigenvalue weighted by Crippen LogP contribution is 2.41. The van der Waals surface area contributed by atoms with Crippen LogP contribution in [0.25, 0.3) is 5.57 Å². The molecule has 0 radical (unpaired) electrons. The van der Waals surface area contributed by atoms with Crippen LogP contribution in [0.5, 0.6) is 0 Å². The fourth-order valence-corrected chi connectivity index (χ4v) is 2.02. The SMILES string of the molecule is CC(=O)/C(=C(/C)O)c1cc(C(F)(F)F)c(C#N)c(C(F)(F)F)c1. The first-order chi connectivity index (χ1) is 10.3. The second-order valence-electron chi connectivity index (χ2n) is 4.57. The molecule has 23 heavy (non-hydrogen) atoms. The summed E-state index contributed by atoms with van der Waals surface area (Å²) >= 11 is 0. The lowest BCUT2D eigenvalue weighted by Gasteiger charge is -2.17. The number of rotatable bonds is 2. The van der Waals surface area contributed by atoms with Gasteiger partial charge in [0, 0.05) is 0 Å². The monoisotopic (exact) mass is 337 g/mol. The standard InChI is InChI=1S/C14H9F6NO2/c1-6(22)12(7(2)23)8-3-10(13(15,16)17)9(5-21)11(4-8)14(18,19)20/h3-4,22H,1-2H3/b12-6+. The Labute approximate surface area is 126 Å². The number of hydrogen-bond acceptors (Lipinski definition) is 3. The molecule has 0 fully saturated rings. The normalized spacial score (nSPS) is 13.3. The highest BCUT2D eigenvalue weighted by molar-refractivity contribution is 6.20. The van der Waals surface area contributed by atoms with E-state index in [2.05, 4.69) is 0 Å². The van der Waals surface area contributed by atoms with Crippen LogP contribution in [0.15, 0.2) is 17.9 Å². The number of hydrogen-bond donors (Lipinski definition) is 1. The van der Waals surface area contributed by atoms with E-state index in [1.165, 1.54) is 0 Å². The molecule has 0 spiro atoms. The third-order valence-electron chi connectivity index (χ3n) is 2.86. The Morgan fingerprint density at radius 1 is 1.04 bits per heavy atom. The third-order valence-corrected chi connectivity index (χ3v) is 2.86. The number of aliphatic hydroxyl groups is 1. The van der Waals surface area contributed by atoms with Crippen molar-refractivity contribution in [1.82, 2.24) is 0 Å². The maximum atomic E-state index is 13.0. The molecule has 0 aromatic heterocycles. The second-order valence-corrected chi connectivity index (χ2v) is 4.57. The number of benzene rings is 1. The number of alkyl halides is 6. The summed E-state index contributed by atoms with van der Waals surface area (Å²) in [6.07, 6.45) is -10.5. The topological polar surface area (TPSA) is 61.1 Å². The fourth-order valence-electron chi connectivity index (χ4n) is 2.02. The summed E-state index contributed by atoms with van der Waals surface area (Å²) in [6.45, 7) is 1.84. The van der Waals surface area contributed by atoms with Crippen LogP contribution >= 0.6 is 0 Å². The number of allylic oxidation sites excluding steroid dienone is 2. The molecule has 0 atom stereocenters. The molecule has 0 saturated carbocycles. The smallest absolute Gasteiger partial charge is 0.417 e. The number of aliphatic hydroxyl groups excluding tert-OH is 1. The van der Waals surface area contributed by atoms with Gasteiger partial charge in [-0.15, -0.1) is 0 Å². The zero-order chi connectivity index (χ0) is 18.2. The molecule has 1 N–H and O–H groups in total. The van der Waals surface area contributed by atoms with Gasteiger partial charge in [0.2, 0.25) is 0 Å². The Morgan fingerprint density at radius 3 is 1.65 bits per heavy atom. The van der Waals surface area contributed by atoms with Gasteiger partial charge >= 0.3 is 12.4 Å². The molecule has 1 aromatic rings. The lowest BCUT2D eigenvalue weighted by Crippen LogP contribution is -2.17. The number of carbonyl (C=O) groups is 1. The van der Waals surface area contributed by atoms with Gasteiger partial charge in [-0.2, -0.15) is 31.6 Å². The molecule has 0 saturated heterocycles. The lowest BCUT2D eigenvalue weighted by molar-refractivity contribution is -0.143. The van der Waals surface area contributed by atoms with Crippen molar-refractivity contribution >= 4 is 11.4 Å². The van der Waals surface area contributed by atoms with Gasteiger partial charge in [0.05, 0.1) is 22.3 Å². The van der Waals surface area contributed by atoms with Crippen LogP contribution in [-0.2, 0) is 17.1 Å². The minimum atomic E-state index is -5.24. The van der Waals surface area contributed by atoms with Crippen molar-refractivity contribution in [3.05, 3.63) is 40.1 Å².